The Morgan fingerprint density at radius 1 is 1.41 bits per heavy atom. The fourth-order valence-corrected chi connectivity index (χ4v) is 3.84. The molecule has 0 heterocycles. The Morgan fingerprint density at radius 2 is 2.12 bits per heavy atom. The number of hydrogen-bond donors (Lipinski definition) is 1. The van der Waals surface area contributed by atoms with Crippen LogP contribution < -0.4 is 5.32 Å². The molecule has 1 atom stereocenters. The summed E-state index contributed by atoms with van der Waals surface area (Å²) in [6.45, 7) is 3.14. The Morgan fingerprint density at radius 3 is 2.71 bits per heavy atom. The van der Waals surface area contributed by atoms with Gasteiger partial charge in [0.25, 0.3) is 0 Å². The van der Waals surface area contributed by atoms with Crippen LogP contribution in [0.4, 0.5) is 0 Å². The first-order chi connectivity index (χ1) is 8.24. The molecule has 0 spiro atoms. The molecule has 0 radical (unpaired) electrons. The van der Waals surface area contributed by atoms with Crippen molar-refractivity contribution in [1.82, 2.24) is 5.32 Å². The minimum absolute atomic E-state index is 0.394. The summed E-state index contributed by atoms with van der Waals surface area (Å²) in [5.41, 5.74) is 1.24. The molecule has 3 heteroatoms. The Labute approximate surface area is 117 Å². The van der Waals surface area contributed by atoms with Crippen molar-refractivity contribution < 1.29 is 0 Å². The molecule has 2 rings (SSSR count). The zero-order chi connectivity index (χ0) is 12.3. The van der Waals surface area contributed by atoms with E-state index in [0.717, 1.165) is 22.0 Å². The molecule has 0 aliphatic heterocycles. The molecule has 1 fully saturated rings. The van der Waals surface area contributed by atoms with E-state index >= 15 is 0 Å². The first kappa shape index (κ1) is 13.4. The van der Waals surface area contributed by atoms with Gasteiger partial charge in [-0.05, 0) is 37.4 Å². The number of hydrogen-bond acceptors (Lipinski definition) is 1. The van der Waals surface area contributed by atoms with E-state index in [1.807, 2.05) is 12.1 Å². The average molecular weight is 317 g/mol. The van der Waals surface area contributed by atoms with Crippen LogP contribution in [0.1, 0.15) is 44.2 Å². The second-order valence-electron chi connectivity index (χ2n) is 4.72. The van der Waals surface area contributed by atoms with E-state index in [2.05, 4.69) is 34.2 Å². The van der Waals surface area contributed by atoms with Gasteiger partial charge < -0.3 is 5.32 Å². The molecule has 1 N–H and O–H groups in total. The van der Waals surface area contributed by atoms with Gasteiger partial charge in [0.15, 0.2) is 0 Å². The van der Waals surface area contributed by atoms with E-state index in [9.17, 15) is 0 Å². The molecule has 1 unspecified atom stereocenters. The number of nitrogens with one attached hydrogen (secondary N) is 1. The standard InChI is InChI=1S/C14H19BrClN/c1-2-17-14(10-6-3-4-7-10)13-11(15)8-5-9-12(13)16/h5,8-10,14,17H,2-4,6-7H2,1H3. The summed E-state index contributed by atoms with van der Waals surface area (Å²) in [5, 5.41) is 4.48. The summed E-state index contributed by atoms with van der Waals surface area (Å²) in [5.74, 6) is 0.728. The fraction of sp³-hybridized carbons (Fsp3) is 0.571. The van der Waals surface area contributed by atoms with Gasteiger partial charge >= 0.3 is 0 Å². The maximum atomic E-state index is 6.37. The quantitative estimate of drug-likeness (QED) is 0.829. The third-order valence-electron chi connectivity index (χ3n) is 3.61. The van der Waals surface area contributed by atoms with Gasteiger partial charge in [-0.1, -0.05) is 53.4 Å². The highest BCUT2D eigenvalue weighted by Gasteiger charge is 2.28. The lowest BCUT2D eigenvalue weighted by Crippen LogP contribution is -2.27. The minimum Gasteiger partial charge on any atom is -0.310 e. The first-order valence-electron chi connectivity index (χ1n) is 6.41. The van der Waals surface area contributed by atoms with Gasteiger partial charge in [-0.25, -0.2) is 0 Å². The molecule has 1 saturated carbocycles. The van der Waals surface area contributed by atoms with Crippen molar-refractivity contribution in [2.45, 2.75) is 38.6 Å². The summed E-state index contributed by atoms with van der Waals surface area (Å²) < 4.78 is 1.13. The minimum atomic E-state index is 0.394. The monoisotopic (exact) mass is 315 g/mol. The zero-order valence-corrected chi connectivity index (χ0v) is 12.5. The highest BCUT2D eigenvalue weighted by molar-refractivity contribution is 9.10. The van der Waals surface area contributed by atoms with E-state index in [1.165, 1.54) is 31.2 Å². The van der Waals surface area contributed by atoms with Gasteiger partial charge in [-0.2, -0.15) is 0 Å². The lowest BCUT2D eigenvalue weighted by molar-refractivity contribution is 0.373. The molecule has 0 bridgehead atoms. The average Bonchev–Trinajstić information content (AvgIpc) is 2.80. The van der Waals surface area contributed by atoms with Crippen LogP contribution in [0.25, 0.3) is 0 Å². The van der Waals surface area contributed by atoms with Gasteiger partial charge in [-0.3, -0.25) is 0 Å². The molecule has 17 heavy (non-hydrogen) atoms. The summed E-state index contributed by atoms with van der Waals surface area (Å²) in [7, 11) is 0. The van der Waals surface area contributed by atoms with E-state index in [4.69, 9.17) is 11.6 Å². The summed E-state index contributed by atoms with van der Waals surface area (Å²) >= 11 is 10.0. The Hall–Kier alpha value is -0.0500. The van der Waals surface area contributed by atoms with Crippen LogP contribution in [0.2, 0.25) is 5.02 Å². The topological polar surface area (TPSA) is 12.0 Å². The van der Waals surface area contributed by atoms with Gasteiger partial charge in [0.05, 0.1) is 0 Å². The highest BCUT2D eigenvalue weighted by atomic mass is 79.9. The maximum absolute atomic E-state index is 6.37. The fourth-order valence-electron chi connectivity index (χ4n) is 2.82. The Bertz CT molecular complexity index is 354. The normalized spacial score (nSPS) is 18.5. The second kappa shape index (κ2) is 6.21. The lowest BCUT2D eigenvalue weighted by Gasteiger charge is -2.26. The lowest BCUT2D eigenvalue weighted by atomic mass is 9.91. The summed E-state index contributed by atoms with van der Waals surface area (Å²) in [4.78, 5) is 0. The summed E-state index contributed by atoms with van der Waals surface area (Å²) in [6.07, 6.45) is 5.34. The van der Waals surface area contributed by atoms with Crippen molar-refractivity contribution in [3.8, 4) is 0 Å². The van der Waals surface area contributed by atoms with Crippen LogP contribution in [0.3, 0.4) is 0 Å². The van der Waals surface area contributed by atoms with Crippen molar-refractivity contribution in [1.29, 1.82) is 0 Å². The molecule has 0 amide bonds. The predicted molar refractivity (Wildman–Crippen MR) is 77.5 cm³/mol. The van der Waals surface area contributed by atoms with Crippen LogP contribution in [-0.2, 0) is 0 Å². The molecular weight excluding hydrogens is 298 g/mol. The molecule has 0 saturated heterocycles. The number of halogens is 2. The third kappa shape index (κ3) is 3.04. The number of rotatable bonds is 4. The predicted octanol–water partition coefficient (Wildman–Crippen LogP) is 4.94. The van der Waals surface area contributed by atoms with Crippen LogP contribution in [0.15, 0.2) is 22.7 Å². The molecule has 1 aromatic carbocycles. The SMILES string of the molecule is CCNC(c1c(Cl)cccc1Br)C1CCCC1. The van der Waals surface area contributed by atoms with Crippen molar-refractivity contribution in [3.05, 3.63) is 33.3 Å². The van der Waals surface area contributed by atoms with Crippen molar-refractivity contribution in [2.24, 2.45) is 5.92 Å². The molecule has 1 aliphatic rings. The smallest absolute Gasteiger partial charge is 0.0465 e. The van der Waals surface area contributed by atoms with Gasteiger partial charge in [0.1, 0.15) is 0 Å². The molecule has 1 aliphatic carbocycles. The van der Waals surface area contributed by atoms with Crippen molar-refractivity contribution in [3.63, 3.8) is 0 Å². The van der Waals surface area contributed by atoms with Gasteiger partial charge in [0.2, 0.25) is 0 Å². The number of benzene rings is 1. The molecular formula is C14H19BrClN. The van der Waals surface area contributed by atoms with Crippen LogP contribution >= 0.6 is 27.5 Å². The Balaban J connectivity index is 2.31. The zero-order valence-electron chi connectivity index (χ0n) is 10.2. The van der Waals surface area contributed by atoms with Crippen LogP contribution in [0, 0.1) is 5.92 Å². The highest BCUT2D eigenvalue weighted by Crippen LogP contribution is 2.40. The molecule has 94 valence electrons. The molecule has 0 aromatic heterocycles. The third-order valence-corrected chi connectivity index (χ3v) is 4.63. The molecule has 1 nitrogen and oxygen atoms in total. The van der Waals surface area contributed by atoms with Gasteiger partial charge in [-0.15, -0.1) is 0 Å². The summed E-state index contributed by atoms with van der Waals surface area (Å²) in [6, 6.07) is 6.46. The van der Waals surface area contributed by atoms with Crippen LogP contribution in [0.5, 0.6) is 0 Å². The first-order valence-corrected chi connectivity index (χ1v) is 7.58. The van der Waals surface area contributed by atoms with Crippen molar-refractivity contribution in [2.75, 3.05) is 6.54 Å². The van der Waals surface area contributed by atoms with E-state index in [1.54, 1.807) is 0 Å². The van der Waals surface area contributed by atoms with Crippen molar-refractivity contribution >= 4 is 27.5 Å². The van der Waals surface area contributed by atoms with E-state index in [0.29, 0.717) is 6.04 Å². The molecule has 1 aromatic rings. The maximum Gasteiger partial charge on any atom is 0.0465 e. The van der Waals surface area contributed by atoms with Gasteiger partial charge in [0, 0.05) is 21.1 Å². The van der Waals surface area contributed by atoms with E-state index in [-0.39, 0.29) is 0 Å². The largest absolute Gasteiger partial charge is 0.310 e. The van der Waals surface area contributed by atoms with E-state index < -0.39 is 0 Å². The Kier molecular flexibility index (Phi) is 4.89. The second-order valence-corrected chi connectivity index (χ2v) is 5.98. The van der Waals surface area contributed by atoms with Crippen LogP contribution in [-0.4, -0.2) is 6.54 Å².